The summed E-state index contributed by atoms with van der Waals surface area (Å²) in [4.78, 5) is 12.0. The van der Waals surface area contributed by atoms with E-state index in [1.54, 1.807) is 30.5 Å². The van der Waals surface area contributed by atoms with Crippen molar-refractivity contribution in [1.29, 1.82) is 0 Å². The minimum atomic E-state index is -0.293. The molecule has 3 aromatic rings. The van der Waals surface area contributed by atoms with Gasteiger partial charge in [-0.05, 0) is 24.3 Å². The van der Waals surface area contributed by atoms with E-state index in [-0.39, 0.29) is 5.91 Å². The Morgan fingerprint density at radius 2 is 2.05 bits per heavy atom. The number of amides is 1. The lowest BCUT2D eigenvalue weighted by atomic mass is 10.2. The molecule has 0 radical (unpaired) electrons. The Labute approximate surface area is 133 Å². The van der Waals surface area contributed by atoms with Crippen molar-refractivity contribution in [2.24, 2.45) is 12.1 Å². The number of halogens is 1. The van der Waals surface area contributed by atoms with Crippen LogP contribution in [-0.2, 0) is 7.05 Å². The van der Waals surface area contributed by atoms with E-state index in [1.165, 1.54) is 0 Å². The molecule has 3 rings (SSSR count). The molecule has 1 N–H and O–H groups in total. The molecule has 2 aromatic carbocycles. The molecular formula is C17H14ClN3O. The lowest BCUT2D eigenvalue weighted by Gasteiger charge is -1.99. The fourth-order valence-corrected chi connectivity index (χ4v) is 2.52. The van der Waals surface area contributed by atoms with Gasteiger partial charge in [0.2, 0.25) is 0 Å². The summed E-state index contributed by atoms with van der Waals surface area (Å²) >= 11 is 5.87. The second-order valence-electron chi connectivity index (χ2n) is 4.92. The number of benzene rings is 2. The normalized spacial score (nSPS) is 11.2. The molecule has 1 aromatic heterocycles. The zero-order valence-corrected chi connectivity index (χ0v) is 12.7. The number of para-hydroxylation sites is 1. The molecule has 1 amide bonds. The van der Waals surface area contributed by atoms with Crippen LogP contribution in [0, 0.1) is 0 Å². The number of hydrazone groups is 1. The van der Waals surface area contributed by atoms with Crippen molar-refractivity contribution in [3.8, 4) is 0 Å². The number of nitrogens with one attached hydrogen (secondary N) is 1. The molecule has 0 aliphatic carbocycles. The van der Waals surface area contributed by atoms with Crippen molar-refractivity contribution in [3.05, 3.63) is 70.9 Å². The zero-order chi connectivity index (χ0) is 15.5. The number of fused-ring (bicyclic) bond motifs is 1. The van der Waals surface area contributed by atoms with Crippen LogP contribution in [0.1, 0.15) is 15.9 Å². The Morgan fingerprint density at radius 3 is 2.86 bits per heavy atom. The summed E-state index contributed by atoms with van der Waals surface area (Å²) in [6, 6.07) is 14.8. The number of rotatable bonds is 3. The maximum atomic E-state index is 12.0. The van der Waals surface area contributed by atoms with Crippen LogP contribution in [0.2, 0.25) is 5.02 Å². The molecule has 0 aliphatic heterocycles. The molecule has 0 saturated heterocycles. The highest BCUT2D eigenvalue weighted by Gasteiger charge is 2.05. The summed E-state index contributed by atoms with van der Waals surface area (Å²) in [6.45, 7) is 0. The lowest BCUT2D eigenvalue weighted by molar-refractivity contribution is 0.0955. The Bertz CT molecular complexity index is 867. The lowest BCUT2D eigenvalue weighted by Crippen LogP contribution is -2.17. The minimum Gasteiger partial charge on any atom is -0.350 e. The van der Waals surface area contributed by atoms with Gasteiger partial charge < -0.3 is 4.57 Å². The fraction of sp³-hybridized carbons (Fsp3) is 0.0588. The van der Waals surface area contributed by atoms with Gasteiger partial charge in [-0.3, -0.25) is 4.79 Å². The minimum absolute atomic E-state index is 0.293. The van der Waals surface area contributed by atoms with E-state index in [0.29, 0.717) is 10.6 Å². The largest absolute Gasteiger partial charge is 0.350 e. The van der Waals surface area contributed by atoms with Gasteiger partial charge in [0.15, 0.2) is 0 Å². The molecule has 1 heterocycles. The fourth-order valence-electron chi connectivity index (χ4n) is 2.33. The van der Waals surface area contributed by atoms with Gasteiger partial charge in [0.25, 0.3) is 5.91 Å². The number of hydrogen-bond donors (Lipinski definition) is 1. The average molecular weight is 312 g/mol. The van der Waals surface area contributed by atoms with Gasteiger partial charge in [-0.25, -0.2) is 5.43 Å². The first kappa shape index (κ1) is 14.4. The Morgan fingerprint density at radius 1 is 1.23 bits per heavy atom. The van der Waals surface area contributed by atoms with Crippen molar-refractivity contribution < 1.29 is 4.79 Å². The van der Waals surface area contributed by atoms with E-state index in [0.717, 1.165) is 16.5 Å². The van der Waals surface area contributed by atoms with Crippen LogP contribution in [0.25, 0.3) is 10.9 Å². The summed E-state index contributed by atoms with van der Waals surface area (Å²) in [6.07, 6.45) is 3.62. The predicted molar refractivity (Wildman–Crippen MR) is 89.4 cm³/mol. The molecule has 0 fully saturated rings. The van der Waals surface area contributed by atoms with Gasteiger partial charge >= 0.3 is 0 Å². The second-order valence-corrected chi connectivity index (χ2v) is 5.36. The van der Waals surface area contributed by atoms with E-state index in [2.05, 4.69) is 10.5 Å². The maximum absolute atomic E-state index is 12.0. The van der Waals surface area contributed by atoms with Crippen LogP contribution in [0.4, 0.5) is 0 Å². The van der Waals surface area contributed by atoms with Gasteiger partial charge in [-0.2, -0.15) is 5.10 Å². The summed E-state index contributed by atoms with van der Waals surface area (Å²) < 4.78 is 2.02. The topological polar surface area (TPSA) is 46.4 Å². The van der Waals surface area contributed by atoms with Gasteiger partial charge in [0.1, 0.15) is 0 Å². The summed E-state index contributed by atoms with van der Waals surface area (Å²) in [5.74, 6) is -0.293. The van der Waals surface area contributed by atoms with Gasteiger partial charge in [0.05, 0.1) is 6.21 Å². The van der Waals surface area contributed by atoms with Crippen molar-refractivity contribution in [2.75, 3.05) is 0 Å². The Balaban J connectivity index is 1.78. The molecule has 0 bridgehead atoms. The van der Waals surface area contributed by atoms with Crippen LogP contribution in [-0.4, -0.2) is 16.7 Å². The van der Waals surface area contributed by atoms with Crippen LogP contribution in [0.3, 0.4) is 0 Å². The highest BCUT2D eigenvalue weighted by Crippen LogP contribution is 2.18. The Kier molecular flexibility index (Phi) is 3.94. The predicted octanol–water partition coefficient (Wildman–Crippen LogP) is 3.60. The Hall–Kier alpha value is -2.59. The maximum Gasteiger partial charge on any atom is 0.271 e. The first-order valence-corrected chi connectivity index (χ1v) is 7.16. The monoisotopic (exact) mass is 311 g/mol. The third-order valence-electron chi connectivity index (χ3n) is 3.38. The summed E-state index contributed by atoms with van der Waals surface area (Å²) in [7, 11) is 1.98. The molecule has 0 saturated carbocycles. The van der Waals surface area contributed by atoms with Crippen LogP contribution in [0.5, 0.6) is 0 Å². The molecule has 0 spiro atoms. The smallest absolute Gasteiger partial charge is 0.271 e. The van der Waals surface area contributed by atoms with E-state index >= 15 is 0 Å². The van der Waals surface area contributed by atoms with E-state index in [9.17, 15) is 4.79 Å². The van der Waals surface area contributed by atoms with Gasteiger partial charge in [0, 0.05) is 40.3 Å². The highest BCUT2D eigenvalue weighted by atomic mass is 35.5. The molecular weight excluding hydrogens is 298 g/mol. The van der Waals surface area contributed by atoms with Gasteiger partial charge in [-0.1, -0.05) is 35.9 Å². The molecule has 0 aliphatic rings. The number of hydrogen-bond acceptors (Lipinski definition) is 2. The summed E-state index contributed by atoms with van der Waals surface area (Å²) in [5, 5.41) is 5.64. The van der Waals surface area contributed by atoms with E-state index < -0.39 is 0 Å². The second kappa shape index (κ2) is 6.03. The van der Waals surface area contributed by atoms with Crippen molar-refractivity contribution >= 4 is 34.6 Å². The number of aryl methyl sites for hydroxylation is 1. The van der Waals surface area contributed by atoms with Crippen LogP contribution >= 0.6 is 11.6 Å². The standard InChI is InChI=1S/C17H14ClN3O/c1-21-11-13(15-7-2-3-8-16(15)21)10-19-20-17(22)12-5-4-6-14(18)9-12/h2-11H,1H3,(H,20,22)/b19-10+. The number of carbonyl (C=O) groups excluding carboxylic acids is 1. The third-order valence-corrected chi connectivity index (χ3v) is 3.62. The molecule has 4 nitrogen and oxygen atoms in total. The van der Waals surface area contributed by atoms with Gasteiger partial charge in [-0.15, -0.1) is 0 Å². The van der Waals surface area contributed by atoms with Crippen molar-refractivity contribution in [3.63, 3.8) is 0 Å². The quantitative estimate of drug-likeness (QED) is 0.583. The molecule has 22 heavy (non-hydrogen) atoms. The number of carbonyl (C=O) groups is 1. The molecule has 0 unspecified atom stereocenters. The van der Waals surface area contributed by atoms with Crippen molar-refractivity contribution in [2.45, 2.75) is 0 Å². The first-order valence-electron chi connectivity index (χ1n) is 6.78. The zero-order valence-electron chi connectivity index (χ0n) is 12.0. The summed E-state index contributed by atoms with van der Waals surface area (Å²) in [5.41, 5.74) is 5.05. The molecule has 5 heteroatoms. The van der Waals surface area contributed by atoms with Crippen LogP contribution < -0.4 is 5.43 Å². The average Bonchev–Trinajstić information content (AvgIpc) is 2.84. The molecule has 0 atom stereocenters. The number of nitrogens with zero attached hydrogens (tertiary/aromatic N) is 2. The SMILES string of the molecule is Cn1cc(/C=N/NC(=O)c2cccc(Cl)c2)c2ccccc21. The van der Waals surface area contributed by atoms with E-state index in [4.69, 9.17) is 11.6 Å². The molecule has 110 valence electrons. The number of aromatic nitrogens is 1. The van der Waals surface area contributed by atoms with Crippen molar-refractivity contribution in [1.82, 2.24) is 9.99 Å². The first-order chi connectivity index (χ1) is 10.6. The highest BCUT2D eigenvalue weighted by molar-refractivity contribution is 6.30. The van der Waals surface area contributed by atoms with Crippen LogP contribution in [0.15, 0.2) is 59.8 Å². The van der Waals surface area contributed by atoms with E-state index in [1.807, 2.05) is 42.1 Å². The third kappa shape index (κ3) is 2.87.